The number of rotatable bonds is 0. The molecule has 84 valence electrons. The molecule has 0 saturated heterocycles. The summed E-state index contributed by atoms with van der Waals surface area (Å²) < 4.78 is 5.01. The first-order valence-electron chi connectivity index (χ1n) is 5.23. The third-order valence-electron chi connectivity index (χ3n) is 2.72. The van der Waals surface area contributed by atoms with Gasteiger partial charge in [-0.05, 0) is 23.4 Å². The molecule has 0 aliphatic heterocycles. The van der Waals surface area contributed by atoms with E-state index in [-0.39, 0.29) is 0 Å². The van der Waals surface area contributed by atoms with Crippen LogP contribution < -0.4 is 11.5 Å². The molecule has 0 saturated carbocycles. The molecule has 0 radical (unpaired) electrons. The molecular formula is C13H11N3O. The van der Waals surface area contributed by atoms with Gasteiger partial charge in [-0.1, -0.05) is 12.1 Å². The van der Waals surface area contributed by atoms with Crippen LogP contribution in [0.2, 0.25) is 0 Å². The molecule has 0 atom stereocenters. The van der Waals surface area contributed by atoms with Crippen LogP contribution in [0.3, 0.4) is 0 Å². The monoisotopic (exact) mass is 225 g/mol. The quantitative estimate of drug-likeness (QED) is 0.450. The van der Waals surface area contributed by atoms with E-state index in [0.717, 1.165) is 16.8 Å². The minimum absolute atomic E-state index is 0.698. The van der Waals surface area contributed by atoms with Crippen molar-refractivity contribution in [1.29, 1.82) is 0 Å². The van der Waals surface area contributed by atoms with E-state index in [2.05, 4.69) is 11.1 Å². The molecule has 1 aromatic heterocycles. The summed E-state index contributed by atoms with van der Waals surface area (Å²) in [5.74, 6) is 0. The first kappa shape index (κ1) is 9.72. The number of nitrogen functional groups attached to an aromatic ring is 2. The maximum Gasteiger partial charge on any atom is 0.181 e. The van der Waals surface area contributed by atoms with Gasteiger partial charge in [0.05, 0.1) is 0 Å². The standard InChI is InChI=1S/C7H6N2O.C6H5N/c8-5-1-2-6-7(3-5)10-4-9-6;7-6-3-4-1-2-5(4)6/h1-4H,8H2;1-3H,7H2. The van der Waals surface area contributed by atoms with Crippen molar-refractivity contribution in [2.24, 2.45) is 0 Å². The first-order chi connectivity index (χ1) is 8.24. The maximum atomic E-state index is 5.50. The largest absolute Gasteiger partial charge is 0.443 e. The number of anilines is 2. The highest BCUT2D eigenvalue weighted by atomic mass is 16.3. The lowest BCUT2D eigenvalue weighted by molar-refractivity contribution is 0.602. The zero-order valence-electron chi connectivity index (χ0n) is 9.05. The van der Waals surface area contributed by atoms with Gasteiger partial charge < -0.3 is 15.9 Å². The SMILES string of the molecule is Nc1cc2ccc1=2.Nc1ccc2ncoc2c1. The lowest BCUT2D eigenvalue weighted by atomic mass is 10.1. The van der Waals surface area contributed by atoms with E-state index in [9.17, 15) is 0 Å². The van der Waals surface area contributed by atoms with Crippen molar-refractivity contribution < 1.29 is 4.42 Å². The summed E-state index contributed by atoms with van der Waals surface area (Å²) in [6, 6.07) is 11.5. The molecule has 4 nitrogen and oxygen atoms in total. The van der Waals surface area contributed by atoms with E-state index in [1.165, 1.54) is 16.8 Å². The normalized spacial score (nSPS) is 10.8. The Bertz CT molecular complexity index is 777. The molecular weight excluding hydrogens is 214 g/mol. The van der Waals surface area contributed by atoms with Crippen molar-refractivity contribution in [3.05, 3.63) is 53.2 Å². The van der Waals surface area contributed by atoms with Gasteiger partial charge in [-0.3, -0.25) is 0 Å². The lowest BCUT2D eigenvalue weighted by Gasteiger charge is -2.03. The summed E-state index contributed by atoms with van der Waals surface area (Å²) in [6.07, 6.45) is 1.41. The zero-order chi connectivity index (χ0) is 11.8. The van der Waals surface area contributed by atoms with E-state index in [4.69, 9.17) is 15.9 Å². The molecule has 2 aliphatic carbocycles. The number of nitrogens with two attached hydrogens (primary N) is 2. The Morgan fingerprint density at radius 1 is 1.00 bits per heavy atom. The highest BCUT2D eigenvalue weighted by Crippen LogP contribution is 2.16. The minimum atomic E-state index is 0.698. The third-order valence-corrected chi connectivity index (χ3v) is 2.72. The van der Waals surface area contributed by atoms with Gasteiger partial charge in [0.25, 0.3) is 0 Å². The van der Waals surface area contributed by atoms with Crippen LogP contribution in [0.5, 0.6) is 0 Å². The van der Waals surface area contributed by atoms with E-state index in [1.807, 2.05) is 18.2 Å². The molecule has 4 rings (SSSR count). The molecule has 2 aliphatic rings. The van der Waals surface area contributed by atoms with Gasteiger partial charge in [-0.25, -0.2) is 4.98 Å². The van der Waals surface area contributed by atoms with E-state index >= 15 is 0 Å². The Labute approximate surface area is 97.2 Å². The molecule has 4 N–H and O–H groups in total. The van der Waals surface area contributed by atoms with Crippen LogP contribution in [0.25, 0.3) is 11.1 Å². The molecule has 0 bridgehead atoms. The highest BCUT2D eigenvalue weighted by Gasteiger charge is 1.98. The Kier molecular flexibility index (Phi) is 2.01. The second-order valence-electron chi connectivity index (χ2n) is 3.88. The smallest absolute Gasteiger partial charge is 0.181 e. The highest BCUT2D eigenvalue weighted by molar-refractivity contribution is 5.75. The summed E-state index contributed by atoms with van der Waals surface area (Å²) in [5, 5.41) is 2.57. The van der Waals surface area contributed by atoms with Crippen molar-refractivity contribution >= 4 is 22.5 Å². The minimum Gasteiger partial charge on any atom is -0.443 e. The molecule has 4 heteroatoms. The molecule has 2 aromatic rings. The number of oxazole rings is 1. The maximum absolute atomic E-state index is 5.50. The van der Waals surface area contributed by atoms with Crippen molar-refractivity contribution in [1.82, 2.24) is 4.98 Å². The number of fused-ring (bicyclic) bond motifs is 1. The van der Waals surface area contributed by atoms with Gasteiger partial charge in [-0.15, -0.1) is 0 Å². The second-order valence-corrected chi connectivity index (χ2v) is 3.88. The Hall–Kier alpha value is -2.49. The van der Waals surface area contributed by atoms with Gasteiger partial charge in [0.15, 0.2) is 12.0 Å². The topological polar surface area (TPSA) is 78.1 Å². The molecule has 0 fully saturated rings. The lowest BCUT2D eigenvalue weighted by Crippen LogP contribution is -1.95. The number of aromatic nitrogens is 1. The fourth-order valence-electron chi connectivity index (χ4n) is 1.69. The van der Waals surface area contributed by atoms with Crippen molar-refractivity contribution in [3.63, 3.8) is 0 Å². The van der Waals surface area contributed by atoms with E-state index in [1.54, 1.807) is 12.1 Å². The first-order valence-corrected chi connectivity index (χ1v) is 5.23. The molecule has 0 amide bonds. The number of hydrogen-bond donors (Lipinski definition) is 2. The van der Waals surface area contributed by atoms with Crippen molar-refractivity contribution in [3.8, 4) is 0 Å². The van der Waals surface area contributed by atoms with E-state index in [0.29, 0.717) is 5.69 Å². The third kappa shape index (κ3) is 1.59. The van der Waals surface area contributed by atoms with Crippen LogP contribution in [0.15, 0.2) is 47.2 Å². The average Bonchev–Trinajstić information content (AvgIpc) is 2.73. The fraction of sp³-hybridized carbons (Fsp3) is 0. The molecule has 1 aromatic carbocycles. The van der Waals surface area contributed by atoms with Gasteiger partial charge >= 0.3 is 0 Å². The predicted octanol–water partition coefficient (Wildman–Crippen LogP) is 2.28. The number of benzene rings is 2. The summed E-state index contributed by atoms with van der Waals surface area (Å²) in [5.41, 5.74) is 14.1. The van der Waals surface area contributed by atoms with Crippen molar-refractivity contribution in [2.75, 3.05) is 11.5 Å². The average molecular weight is 225 g/mol. The summed E-state index contributed by atoms with van der Waals surface area (Å²) >= 11 is 0. The van der Waals surface area contributed by atoms with Crippen LogP contribution >= 0.6 is 0 Å². The second kappa shape index (κ2) is 3.52. The number of nitrogens with zero attached hydrogens (tertiary/aromatic N) is 1. The Balaban J connectivity index is 0.000000113. The van der Waals surface area contributed by atoms with Crippen LogP contribution in [0.1, 0.15) is 0 Å². The molecule has 17 heavy (non-hydrogen) atoms. The fourth-order valence-corrected chi connectivity index (χ4v) is 1.69. The van der Waals surface area contributed by atoms with Gasteiger partial charge in [0.1, 0.15) is 5.52 Å². The number of hydrogen-bond acceptors (Lipinski definition) is 4. The van der Waals surface area contributed by atoms with Crippen LogP contribution in [-0.2, 0) is 0 Å². The Morgan fingerprint density at radius 3 is 2.41 bits per heavy atom. The van der Waals surface area contributed by atoms with Crippen LogP contribution in [-0.4, -0.2) is 4.98 Å². The van der Waals surface area contributed by atoms with Gasteiger partial charge in [0, 0.05) is 22.7 Å². The van der Waals surface area contributed by atoms with Gasteiger partial charge in [-0.2, -0.15) is 0 Å². The van der Waals surface area contributed by atoms with Crippen LogP contribution in [0, 0.1) is 10.4 Å². The molecule has 1 heterocycles. The van der Waals surface area contributed by atoms with Gasteiger partial charge in [0.2, 0.25) is 0 Å². The van der Waals surface area contributed by atoms with Crippen molar-refractivity contribution in [2.45, 2.75) is 0 Å². The molecule has 0 unspecified atom stereocenters. The molecule has 0 spiro atoms. The van der Waals surface area contributed by atoms with Crippen LogP contribution in [0.4, 0.5) is 11.4 Å². The predicted molar refractivity (Wildman–Crippen MR) is 66.9 cm³/mol. The summed E-state index contributed by atoms with van der Waals surface area (Å²) in [4.78, 5) is 3.94. The summed E-state index contributed by atoms with van der Waals surface area (Å²) in [7, 11) is 0. The Morgan fingerprint density at radius 2 is 1.88 bits per heavy atom. The summed E-state index contributed by atoms with van der Waals surface area (Å²) in [6.45, 7) is 0. The van der Waals surface area contributed by atoms with E-state index < -0.39 is 0 Å². The zero-order valence-corrected chi connectivity index (χ0v) is 9.05.